The number of aromatic nitrogens is 2. The van der Waals surface area contributed by atoms with Gasteiger partial charge in [0.2, 0.25) is 5.91 Å². The minimum atomic E-state index is -0.809. The highest BCUT2D eigenvalue weighted by Gasteiger charge is 2.28. The van der Waals surface area contributed by atoms with Gasteiger partial charge in [0.05, 0.1) is 18.2 Å². The first kappa shape index (κ1) is 19.0. The molecule has 1 aromatic heterocycles. The molecule has 1 fully saturated rings. The maximum atomic E-state index is 12.6. The van der Waals surface area contributed by atoms with Crippen LogP contribution in [0.3, 0.4) is 0 Å². The number of nitrogens with zero attached hydrogens (tertiary/aromatic N) is 4. The normalized spacial score (nSPS) is 15.5. The van der Waals surface area contributed by atoms with Gasteiger partial charge < -0.3 is 14.9 Å². The highest BCUT2D eigenvalue weighted by molar-refractivity contribution is 5.95. The maximum absolute atomic E-state index is 12.6. The van der Waals surface area contributed by atoms with Crippen LogP contribution in [0.4, 0.5) is 0 Å². The van der Waals surface area contributed by atoms with Crippen molar-refractivity contribution in [2.75, 3.05) is 26.7 Å². The Kier molecular flexibility index (Phi) is 5.81. The lowest BCUT2D eigenvalue weighted by Gasteiger charge is -2.31. The first-order valence-corrected chi connectivity index (χ1v) is 8.50. The van der Waals surface area contributed by atoms with Gasteiger partial charge in [-0.1, -0.05) is 13.8 Å². The second-order valence-corrected chi connectivity index (χ2v) is 6.89. The fraction of sp³-hybridized carbons (Fsp3) is 0.647. The van der Waals surface area contributed by atoms with Crippen molar-refractivity contribution >= 4 is 17.8 Å². The summed E-state index contributed by atoms with van der Waals surface area (Å²) < 4.78 is 1.54. The number of aliphatic carboxylic acids is 1. The number of hydrogen-bond acceptors (Lipinski definition) is 4. The lowest BCUT2D eigenvalue weighted by atomic mass is 9.97. The number of likely N-dealkylation sites (tertiary alicyclic amines) is 1. The van der Waals surface area contributed by atoms with Crippen LogP contribution in [0.2, 0.25) is 0 Å². The van der Waals surface area contributed by atoms with Crippen LogP contribution in [-0.4, -0.2) is 69.2 Å². The number of aryl methyl sites for hydroxylation is 1. The SMILES string of the molecule is CC(C)c1cc(C(=O)N(C)CC(=O)N2CCC(C(=O)O)CC2)n(C)n1. The van der Waals surface area contributed by atoms with Gasteiger partial charge in [-0.15, -0.1) is 0 Å². The van der Waals surface area contributed by atoms with E-state index in [1.54, 1.807) is 25.1 Å². The molecule has 138 valence electrons. The van der Waals surface area contributed by atoms with Crippen molar-refractivity contribution in [3.63, 3.8) is 0 Å². The molecule has 0 atom stereocenters. The number of carboxylic acids is 1. The molecule has 0 unspecified atom stereocenters. The summed E-state index contributed by atoms with van der Waals surface area (Å²) >= 11 is 0. The predicted octanol–water partition coefficient (Wildman–Crippen LogP) is 0.939. The largest absolute Gasteiger partial charge is 0.481 e. The van der Waals surface area contributed by atoms with Crippen LogP contribution < -0.4 is 0 Å². The minimum absolute atomic E-state index is 0.0290. The fourth-order valence-corrected chi connectivity index (χ4v) is 2.92. The molecule has 0 saturated carbocycles. The lowest BCUT2D eigenvalue weighted by Crippen LogP contribution is -2.45. The first-order chi connectivity index (χ1) is 11.7. The lowest BCUT2D eigenvalue weighted by molar-refractivity contribution is -0.145. The molecule has 25 heavy (non-hydrogen) atoms. The van der Waals surface area contributed by atoms with Crippen molar-refractivity contribution in [3.8, 4) is 0 Å². The van der Waals surface area contributed by atoms with E-state index in [2.05, 4.69) is 5.10 Å². The topological polar surface area (TPSA) is 95.7 Å². The first-order valence-electron chi connectivity index (χ1n) is 8.50. The van der Waals surface area contributed by atoms with Gasteiger partial charge in [-0.05, 0) is 24.8 Å². The zero-order valence-electron chi connectivity index (χ0n) is 15.2. The monoisotopic (exact) mass is 350 g/mol. The van der Waals surface area contributed by atoms with Gasteiger partial charge >= 0.3 is 5.97 Å². The second-order valence-electron chi connectivity index (χ2n) is 6.89. The summed E-state index contributed by atoms with van der Waals surface area (Å²) in [4.78, 5) is 38.9. The molecule has 1 aliphatic rings. The molecule has 0 aliphatic carbocycles. The maximum Gasteiger partial charge on any atom is 0.306 e. The standard InChI is InChI=1S/C17H26N4O4/c1-11(2)13-9-14(20(4)18-13)16(23)19(3)10-15(22)21-7-5-12(6-8-21)17(24)25/h9,11-12H,5-8,10H2,1-4H3,(H,24,25). The molecule has 1 aromatic rings. The van der Waals surface area contributed by atoms with Gasteiger partial charge in [-0.2, -0.15) is 5.10 Å². The molecule has 0 aromatic carbocycles. The van der Waals surface area contributed by atoms with Crippen LogP contribution in [0.25, 0.3) is 0 Å². The van der Waals surface area contributed by atoms with Crippen molar-refractivity contribution in [1.29, 1.82) is 0 Å². The van der Waals surface area contributed by atoms with Gasteiger partial charge in [-0.25, -0.2) is 0 Å². The van der Waals surface area contributed by atoms with E-state index < -0.39 is 5.97 Å². The molecule has 2 amide bonds. The summed E-state index contributed by atoms with van der Waals surface area (Å²) in [6, 6.07) is 1.76. The average molecular weight is 350 g/mol. The Morgan fingerprint density at radius 3 is 2.40 bits per heavy atom. The number of amides is 2. The quantitative estimate of drug-likeness (QED) is 0.852. The second kappa shape index (κ2) is 7.67. The van der Waals surface area contributed by atoms with E-state index in [0.29, 0.717) is 31.6 Å². The highest BCUT2D eigenvalue weighted by Crippen LogP contribution is 2.18. The minimum Gasteiger partial charge on any atom is -0.481 e. The number of carboxylic acid groups (broad SMARTS) is 1. The molecule has 8 heteroatoms. The Morgan fingerprint density at radius 1 is 1.32 bits per heavy atom. The summed E-state index contributed by atoms with van der Waals surface area (Å²) in [6.45, 7) is 4.82. The van der Waals surface area contributed by atoms with Crippen molar-refractivity contribution < 1.29 is 19.5 Å². The zero-order valence-corrected chi connectivity index (χ0v) is 15.2. The van der Waals surface area contributed by atoms with Crippen LogP contribution in [0.15, 0.2) is 6.07 Å². The van der Waals surface area contributed by atoms with Crippen LogP contribution in [0, 0.1) is 5.92 Å². The smallest absolute Gasteiger partial charge is 0.306 e. The molecule has 1 saturated heterocycles. The van der Waals surface area contributed by atoms with Gasteiger partial charge in [0.25, 0.3) is 5.91 Å². The third-order valence-corrected chi connectivity index (χ3v) is 4.63. The number of carbonyl (C=O) groups is 3. The zero-order chi connectivity index (χ0) is 18.7. The van der Waals surface area contributed by atoms with Gasteiger partial charge in [0, 0.05) is 27.2 Å². The van der Waals surface area contributed by atoms with Crippen LogP contribution in [0.1, 0.15) is 48.8 Å². The van der Waals surface area contributed by atoms with E-state index in [-0.39, 0.29) is 30.2 Å². The fourth-order valence-electron chi connectivity index (χ4n) is 2.92. The Balaban J connectivity index is 1.95. The molecule has 0 spiro atoms. The van der Waals surface area contributed by atoms with Crippen LogP contribution >= 0.6 is 0 Å². The Hall–Kier alpha value is -2.38. The summed E-state index contributed by atoms with van der Waals surface area (Å²) in [5.41, 5.74) is 1.28. The molecule has 0 bridgehead atoms. The van der Waals surface area contributed by atoms with E-state index in [1.807, 2.05) is 13.8 Å². The van der Waals surface area contributed by atoms with Crippen molar-refractivity contribution in [2.45, 2.75) is 32.6 Å². The van der Waals surface area contributed by atoms with E-state index in [9.17, 15) is 14.4 Å². The predicted molar refractivity (Wildman–Crippen MR) is 91.2 cm³/mol. The molecule has 1 aliphatic heterocycles. The summed E-state index contributed by atoms with van der Waals surface area (Å²) in [7, 11) is 3.30. The van der Waals surface area contributed by atoms with Crippen LogP contribution in [0.5, 0.6) is 0 Å². The molecule has 0 radical (unpaired) electrons. The molecule has 1 N–H and O–H groups in total. The molecule has 8 nitrogen and oxygen atoms in total. The van der Waals surface area contributed by atoms with E-state index in [4.69, 9.17) is 5.11 Å². The molecule has 2 heterocycles. The summed E-state index contributed by atoms with van der Waals surface area (Å²) in [5.74, 6) is -1.39. The third-order valence-electron chi connectivity index (χ3n) is 4.63. The van der Waals surface area contributed by atoms with E-state index in [0.717, 1.165) is 5.69 Å². The number of piperidine rings is 1. The summed E-state index contributed by atoms with van der Waals surface area (Å²) in [5, 5.41) is 13.3. The van der Waals surface area contributed by atoms with Crippen molar-refractivity contribution in [1.82, 2.24) is 19.6 Å². The Bertz CT molecular complexity index is 660. The van der Waals surface area contributed by atoms with Gasteiger partial charge in [0.15, 0.2) is 0 Å². The van der Waals surface area contributed by atoms with E-state index >= 15 is 0 Å². The summed E-state index contributed by atoms with van der Waals surface area (Å²) in [6.07, 6.45) is 0.913. The van der Waals surface area contributed by atoms with Gasteiger partial charge in [0.1, 0.15) is 5.69 Å². The van der Waals surface area contributed by atoms with Crippen molar-refractivity contribution in [3.05, 3.63) is 17.5 Å². The highest BCUT2D eigenvalue weighted by atomic mass is 16.4. The van der Waals surface area contributed by atoms with E-state index in [1.165, 1.54) is 9.58 Å². The molecule has 2 rings (SSSR count). The third kappa shape index (κ3) is 4.37. The molecular weight excluding hydrogens is 324 g/mol. The number of hydrogen-bond donors (Lipinski definition) is 1. The van der Waals surface area contributed by atoms with Crippen LogP contribution in [-0.2, 0) is 16.6 Å². The number of likely N-dealkylation sites (N-methyl/N-ethyl adjacent to an activating group) is 1. The Morgan fingerprint density at radius 2 is 1.92 bits per heavy atom. The number of carbonyl (C=O) groups excluding carboxylic acids is 2. The van der Waals surface area contributed by atoms with Gasteiger partial charge in [-0.3, -0.25) is 19.1 Å². The number of rotatable bonds is 5. The average Bonchev–Trinajstić information content (AvgIpc) is 2.96. The molecular formula is C17H26N4O4. The van der Waals surface area contributed by atoms with Crippen molar-refractivity contribution in [2.24, 2.45) is 13.0 Å². The Labute approximate surface area is 147 Å².